The molecule has 4 rings (SSSR count). The number of rotatable bonds is 8. The number of nitrogens with zero attached hydrogens (tertiary/aromatic N) is 2. The SMILES string of the molecule is C[C@@H]1CN([C@@H](C)CO)C(=O)Cc2cc(NC(=O)Nc3ccccc3)ccc2O[C@H]1CN(C)S(=O)(=O)c1ccc(F)cc1. The fraction of sp³-hybridized carbons (Fsp3) is 0.333. The summed E-state index contributed by atoms with van der Waals surface area (Å²) >= 11 is 0. The van der Waals surface area contributed by atoms with Crippen molar-refractivity contribution in [3.05, 3.63) is 84.2 Å². The summed E-state index contributed by atoms with van der Waals surface area (Å²) in [4.78, 5) is 27.5. The van der Waals surface area contributed by atoms with Crippen LogP contribution in [0.1, 0.15) is 19.4 Å². The molecular weight excluding hydrogens is 563 g/mol. The first-order valence-corrected chi connectivity index (χ1v) is 15.0. The Morgan fingerprint density at radius 3 is 2.43 bits per heavy atom. The van der Waals surface area contributed by atoms with Gasteiger partial charge in [-0.05, 0) is 61.5 Å². The van der Waals surface area contributed by atoms with Gasteiger partial charge in [-0.1, -0.05) is 25.1 Å². The minimum Gasteiger partial charge on any atom is -0.488 e. The van der Waals surface area contributed by atoms with Gasteiger partial charge < -0.3 is 25.4 Å². The molecule has 12 heteroatoms. The van der Waals surface area contributed by atoms with Crippen molar-refractivity contribution in [1.82, 2.24) is 9.21 Å². The normalized spacial score (nSPS) is 18.2. The molecule has 0 saturated carbocycles. The van der Waals surface area contributed by atoms with Crippen molar-refractivity contribution in [2.24, 2.45) is 5.92 Å². The Morgan fingerprint density at radius 1 is 1.10 bits per heavy atom. The first kappa shape index (κ1) is 30.9. The van der Waals surface area contributed by atoms with Crippen molar-refractivity contribution in [3.63, 3.8) is 0 Å². The van der Waals surface area contributed by atoms with Gasteiger partial charge in [-0.25, -0.2) is 17.6 Å². The molecule has 1 aliphatic rings. The summed E-state index contributed by atoms with van der Waals surface area (Å²) in [5.74, 6) is -0.753. The van der Waals surface area contributed by atoms with Crippen LogP contribution in [0.2, 0.25) is 0 Å². The van der Waals surface area contributed by atoms with Gasteiger partial charge in [-0.15, -0.1) is 0 Å². The van der Waals surface area contributed by atoms with Crippen LogP contribution >= 0.6 is 0 Å². The average Bonchev–Trinajstić information content (AvgIpc) is 3.00. The van der Waals surface area contributed by atoms with Gasteiger partial charge in [0.15, 0.2) is 0 Å². The summed E-state index contributed by atoms with van der Waals surface area (Å²) < 4.78 is 47.4. The lowest BCUT2D eigenvalue weighted by Gasteiger charge is -2.33. The van der Waals surface area contributed by atoms with Crippen LogP contribution in [0.5, 0.6) is 5.75 Å². The molecule has 3 amide bonds. The van der Waals surface area contributed by atoms with Gasteiger partial charge in [0, 0.05) is 36.4 Å². The number of fused-ring (bicyclic) bond motifs is 1. The van der Waals surface area contributed by atoms with E-state index in [2.05, 4.69) is 10.6 Å². The molecule has 0 saturated heterocycles. The number of para-hydroxylation sites is 1. The number of carbonyl (C=O) groups is 2. The van der Waals surface area contributed by atoms with Crippen LogP contribution in [0.4, 0.5) is 20.6 Å². The fourth-order valence-electron chi connectivity index (χ4n) is 4.68. The Kier molecular flexibility index (Phi) is 9.81. The lowest BCUT2D eigenvalue weighted by molar-refractivity contribution is -0.134. The minimum absolute atomic E-state index is 0.0569. The van der Waals surface area contributed by atoms with Gasteiger partial charge in [-0.3, -0.25) is 4.79 Å². The van der Waals surface area contributed by atoms with E-state index in [0.717, 1.165) is 16.4 Å². The molecule has 3 atom stereocenters. The first-order chi connectivity index (χ1) is 20.0. The van der Waals surface area contributed by atoms with Gasteiger partial charge >= 0.3 is 6.03 Å². The zero-order chi connectivity index (χ0) is 30.4. The van der Waals surface area contributed by atoms with E-state index < -0.39 is 34.0 Å². The number of hydrogen-bond donors (Lipinski definition) is 3. The summed E-state index contributed by atoms with van der Waals surface area (Å²) in [5.41, 5.74) is 1.54. The maximum absolute atomic E-state index is 13.4. The van der Waals surface area contributed by atoms with Crippen molar-refractivity contribution >= 4 is 33.3 Å². The van der Waals surface area contributed by atoms with Gasteiger partial charge in [0.1, 0.15) is 17.7 Å². The molecule has 42 heavy (non-hydrogen) atoms. The van der Waals surface area contributed by atoms with E-state index >= 15 is 0 Å². The number of likely N-dealkylation sites (N-methyl/N-ethyl adjacent to an activating group) is 1. The van der Waals surface area contributed by atoms with E-state index in [1.54, 1.807) is 54.3 Å². The Morgan fingerprint density at radius 2 is 1.76 bits per heavy atom. The third kappa shape index (κ3) is 7.44. The van der Waals surface area contributed by atoms with Crippen LogP contribution in [0, 0.1) is 11.7 Å². The highest BCUT2D eigenvalue weighted by atomic mass is 32.2. The molecule has 0 aromatic heterocycles. The lowest BCUT2D eigenvalue weighted by atomic mass is 10.0. The van der Waals surface area contributed by atoms with Crippen LogP contribution < -0.4 is 15.4 Å². The second-order valence-electron chi connectivity index (χ2n) is 10.4. The van der Waals surface area contributed by atoms with Gasteiger partial charge in [0.25, 0.3) is 0 Å². The number of halogens is 1. The molecule has 0 unspecified atom stereocenters. The second kappa shape index (κ2) is 13.3. The van der Waals surface area contributed by atoms with Gasteiger partial charge in [-0.2, -0.15) is 4.31 Å². The quantitative estimate of drug-likeness (QED) is 0.361. The number of amides is 3. The van der Waals surface area contributed by atoms with Crippen molar-refractivity contribution < 1.29 is 32.2 Å². The summed E-state index contributed by atoms with van der Waals surface area (Å²) in [7, 11) is -2.55. The summed E-state index contributed by atoms with van der Waals surface area (Å²) in [6.07, 6.45) is -0.748. The van der Waals surface area contributed by atoms with E-state index in [-0.39, 0.29) is 42.8 Å². The number of anilines is 2. The molecule has 3 N–H and O–H groups in total. The maximum atomic E-state index is 13.4. The number of nitrogens with one attached hydrogen (secondary N) is 2. The monoisotopic (exact) mass is 598 g/mol. The highest BCUT2D eigenvalue weighted by molar-refractivity contribution is 7.89. The maximum Gasteiger partial charge on any atom is 0.323 e. The number of sulfonamides is 1. The van der Waals surface area contributed by atoms with E-state index in [9.17, 15) is 27.5 Å². The number of hydrogen-bond acceptors (Lipinski definition) is 6. The van der Waals surface area contributed by atoms with Gasteiger partial charge in [0.05, 0.1) is 30.5 Å². The summed E-state index contributed by atoms with van der Waals surface area (Å²) in [5, 5.41) is 15.4. The molecule has 0 spiro atoms. The van der Waals surface area contributed by atoms with E-state index in [0.29, 0.717) is 22.7 Å². The lowest BCUT2D eigenvalue weighted by Crippen LogP contribution is -2.48. The molecule has 1 heterocycles. The van der Waals surface area contributed by atoms with E-state index in [1.165, 1.54) is 19.2 Å². The number of carbonyl (C=O) groups excluding carboxylic acids is 2. The van der Waals surface area contributed by atoms with Crippen LogP contribution in [-0.4, -0.2) is 73.6 Å². The predicted octanol–water partition coefficient (Wildman–Crippen LogP) is 3.94. The Labute approximate surface area is 245 Å². The van der Waals surface area contributed by atoms with Crippen LogP contribution in [0.25, 0.3) is 0 Å². The average molecular weight is 599 g/mol. The molecule has 10 nitrogen and oxygen atoms in total. The van der Waals surface area contributed by atoms with Gasteiger partial charge in [0.2, 0.25) is 15.9 Å². The van der Waals surface area contributed by atoms with Crippen molar-refractivity contribution in [3.8, 4) is 5.75 Å². The summed E-state index contributed by atoms with van der Waals surface area (Å²) in [6, 6.07) is 17.5. The van der Waals surface area contributed by atoms with Crippen LogP contribution in [0.15, 0.2) is 77.7 Å². The smallest absolute Gasteiger partial charge is 0.323 e. The van der Waals surface area contributed by atoms with Crippen LogP contribution in [-0.2, 0) is 21.2 Å². The number of aliphatic hydroxyl groups is 1. The summed E-state index contributed by atoms with van der Waals surface area (Å²) in [6.45, 7) is 3.49. The second-order valence-corrected chi connectivity index (χ2v) is 12.4. The molecule has 0 radical (unpaired) electrons. The minimum atomic E-state index is -3.97. The molecule has 0 fully saturated rings. The molecule has 224 valence electrons. The molecule has 1 aliphatic heterocycles. The first-order valence-electron chi connectivity index (χ1n) is 13.5. The number of aliphatic hydroxyl groups excluding tert-OH is 1. The number of benzene rings is 3. The molecule has 0 aliphatic carbocycles. The zero-order valence-corrected chi connectivity index (χ0v) is 24.5. The van der Waals surface area contributed by atoms with Crippen molar-refractivity contribution in [1.29, 1.82) is 0 Å². The Balaban J connectivity index is 1.62. The van der Waals surface area contributed by atoms with E-state index in [1.807, 2.05) is 13.0 Å². The Hall–Kier alpha value is -4.00. The molecule has 3 aromatic carbocycles. The predicted molar refractivity (Wildman–Crippen MR) is 157 cm³/mol. The fourth-order valence-corrected chi connectivity index (χ4v) is 5.86. The largest absolute Gasteiger partial charge is 0.488 e. The van der Waals surface area contributed by atoms with E-state index in [4.69, 9.17) is 4.74 Å². The highest BCUT2D eigenvalue weighted by Crippen LogP contribution is 2.30. The highest BCUT2D eigenvalue weighted by Gasteiger charge is 2.33. The topological polar surface area (TPSA) is 128 Å². The third-order valence-corrected chi connectivity index (χ3v) is 9.00. The standard InChI is InChI=1S/C30H35FN4O6S/c1-20-17-35(21(2)19-36)29(37)16-22-15-25(33-30(38)32-24-7-5-4-6-8-24)11-14-27(22)41-28(20)18-34(3)42(39,40)26-12-9-23(31)10-13-26/h4-15,20-21,28,36H,16-19H2,1-3H3,(H2,32,33,38)/t20-,21+,28+/m1/s1. The zero-order valence-electron chi connectivity index (χ0n) is 23.7. The van der Waals surface area contributed by atoms with Crippen LogP contribution in [0.3, 0.4) is 0 Å². The van der Waals surface area contributed by atoms with Crippen molar-refractivity contribution in [2.75, 3.05) is 37.4 Å². The number of urea groups is 1. The molecule has 3 aromatic rings. The number of ether oxygens (including phenoxy) is 1. The third-order valence-electron chi connectivity index (χ3n) is 7.16. The van der Waals surface area contributed by atoms with Crippen molar-refractivity contribution in [2.45, 2.75) is 37.3 Å². The molecular formula is C30H35FN4O6S. The molecule has 0 bridgehead atoms. The Bertz CT molecular complexity index is 1500.